The number of hydrogen-bond donors (Lipinski definition) is 1. The number of nitrogens with one attached hydrogen (secondary N) is 1. The number of carbonyl (C=O) groups is 1. The van der Waals surface area contributed by atoms with Crippen LogP contribution in [0.1, 0.15) is 5.56 Å². The number of anilines is 1. The van der Waals surface area contributed by atoms with E-state index in [0.29, 0.717) is 48.3 Å². The first-order valence-electron chi connectivity index (χ1n) is 8.95. The highest BCUT2D eigenvalue weighted by Crippen LogP contribution is 2.29. The molecular weight excluding hydrogens is 435 g/mol. The molecule has 158 valence electrons. The summed E-state index contributed by atoms with van der Waals surface area (Å²) in [6, 6.07) is 9.41. The first-order chi connectivity index (χ1) is 14.4. The molecule has 1 aliphatic rings. The van der Waals surface area contributed by atoms with Crippen LogP contribution in [0.25, 0.3) is 0 Å². The molecule has 0 atom stereocenters. The van der Waals surface area contributed by atoms with Gasteiger partial charge in [-0.05, 0) is 24.3 Å². The van der Waals surface area contributed by atoms with Gasteiger partial charge in [-0.25, -0.2) is 5.43 Å². The Labute approximate surface area is 182 Å². The minimum atomic E-state index is -0.517. The van der Waals surface area contributed by atoms with Gasteiger partial charge in [0, 0.05) is 29.7 Å². The number of hydrogen-bond acceptors (Lipinski definition) is 7. The number of benzene rings is 2. The number of carbonyl (C=O) groups excluding carboxylic acids is 1. The van der Waals surface area contributed by atoms with Crippen LogP contribution in [0.2, 0.25) is 10.0 Å². The average molecular weight is 453 g/mol. The van der Waals surface area contributed by atoms with Crippen LogP contribution < -0.4 is 15.1 Å². The Morgan fingerprint density at radius 1 is 1.27 bits per heavy atom. The van der Waals surface area contributed by atoms with Gasteiger partial charge in [0.25, 0.3) is 11.6 Å². The van der Waals surface area contributed by atoms with Gasteiger partial charge in [-0.1, -0.05) is 29.3 Å². The first-order valence-corrected chi connectivity index (χ1v) is 9.70. The third-order valence-corrected chi connectivity index (χ3v) is 4.73. The molecular formula is C19H18Cl2N4O5. The largest absolute Gasteiger partial charge is 0.482 e. The van der Waals surface area contributed by atoms with Crippen LogP contribution in [0.15, 0.2) is 41.5 Å². The molecule has 1 aliphatic heterocycles. The van der Waals surface area contributed by atoms with Crippen molar-refractivity contribution in [1.82, 2.24) is 5.43 Å². The molecule has 0 saturated carbocycles. The highest BCUT2D eigenvalue weighted by atomic mass is 35.5. The van der Waals surface area contributed by atoms with Crippen LogP contribution in [0.3, 0.4) is 0 Å². The second kappa shape index (κ2) is 10.2. The molecule has 1 saturated heterocycles. The Bertz CT molecular complexity index is 964. The van der Waals surface area contributed by atoms with Crippen molar-refractivity contribution in [3.05, 3.63) is 62.1 Å². The fourth-order valence-corrected chi connectivity index (χ4v) is 3.25. The number of nitro groups is 1. The van der Waals surface area contributed by atoms with E-state index in [1.54, 1.807) is 24.3 Å². The number of hydrazone groups is 1. The number of ether oxygens (including phenoxy) is 2. The fourth-order valence-electron chi connectivity index (χ4n) is 2.79. The van der Waals surface area contributed by atoms with Crippen LogP contribution in [-0.2, 0) is 9.53 Å². The standard InChI is InChI=1S/C19H18Cl2N4O5/c20-14-2-4-18(15(21)10-14)30-12-19(26)23-22-11-13-1-3-16(17(9-13)25(27)28)24-5-7-29-8-6-24/h1-4,9-11H,5-8,12H2,(H,23,26)/b22-11+. The van der Waals surface area contributed by atoms with Gasteiger partial charge in [0.1, 0.15) is 11.4 Å². The highest BCUT2D eigenvalue weighted by molar-refractivity contribution is 6.35. The van der Waals surface area contributed by atoms with Crippen LogP contribution in [0, 0.1) is 10.1 Å². The van der Waals surface area contributed by atoms with Crippen molar-refractivity contribution in [3.8, 4) is 5.75 Å². The quantitative estimate of drug-likeness (QED) is 0.392. The van der Waals surface area contributed by atoms with E-state index in [2.05, 4.69) is 10.5 Å². The smallest absolute Gasteiger partial charge is 0.293 e. The highest BCUT2D eigenvalue weighted by Gasteiger charge is 2.21. The Balaban J connectivity index is 1.59. The molecule has 2 aromatic rings. The molecule has 1 fully saturated rings. The van der Waals surface area contributed by atoms with Crippen molar-refractivity contribution in [3.63, 3.8) is 0 Å². The topological polar surface area (TPSA) is 106 Å². The Hall–Kier alpha value is -2.88. The van der Waals surface area contributed by atoms with Gasteiger partial charge >= 0.3 is 0 Å². The molecule has 0 unspecified atom stereocenters. The summed E-state index contributed by atoms with van der Waals surface area (Å²) in [6.07, 6.45) is 1.32. The Kier molecular flexibility index (Phi) is 7.45. The van der Waals surface area contributed by atoms with Crippen molar-refractivity contribution >= 4 is 46.7 Å². The Morgan fingerprint density at radius 3 is 2.73 bits per heavy atom. The normalized spacial score (nSPS) is 14.0. The van der Waals surface area contributed by atoms with Crippen LogP contribution in [-0.4, -0.2) is 50.0 Å². The van der Waals surface area contributed by atoms with Crippen LogP contribution in [0.4, 0.5) is 11.4 Å². The van der Waals surface area contributed by atoms with Crippen molar-refractivity contribution < 1.29 is 19.2 Å². The lowest BCUT2D eigenvalue weighted by molar-refractivity contribution is -0.384. The van der Waals surface area contributed by atoms with Gasteiger partial charge in [0.05, 0.1) is 29.4 Å². The molecule has 0 aromatic heterocycles. The zero-order valence-corrected chi connectivity index (χ0v) is 17.2. The third kappa shape index (κ3) is 5.82. The monoisotopic (exact) mass is 452 g/mol. The minimum absolute atomic E-state index is 0.0344. The minimum Gasteiger partial charge on any atom is -0.482 e. The molecule has 9 nitrogen and oxygen atoms in total. The maximum atomic E-state index is 11.9. The molecule has 0 radical (unpaired) electrons. The summed E-state index contributed by atoms with van der Waals surface area (Å²) in [5.74, 6) is -0.203. The van der Waals surface area contributed by atoms with E-state index in [9.17, 15) is 14.9 Å². The van der Waals surface area contributed by atoms with E-state index < -0.39 is 10.8 Å². The van der Waals surface area contributed by atoms with E-state index in [1.165, 1.54) is 18.3 Å². The van der Waals surface area contributed by atoms with E-state index in [1.807, 2.05) is 4.90 Å². The van der Waals surface area contributed by atoms with Crippen molar-refractivity contribution in [2.45, 2.75) is 0 Å². The zero-order valence-electron chi connectivity index (χ0n) is 15.7. The molecule has 0 bridgehead atoms. The number of amides is 1. The third-order valence-electron chi connectivity index (χ3n) is 4.20. The molecule has 1 amide bonds. The van der Waals surface area contributed by atoms with Gasteiger partial charge in [-0.15, -0.1) is 0 Å². The number of nitrogens with zero attached hydrogens (tertiary/aromatic N) is 3. The average Bonchev–Trinajstić information content (AvgIpc) is 2.73. The SMILES string of the molecule is O=C(COc1ccc(Cl)cc1Cl)N/N=C/c1ccc(N2CCOCC2)c([N+](=O)[O-])c1. The zero-order chi connectivity index (χ0) is 21.5. The summed E-state index contributed by atoms with van der Waals surface area (Å²) in [6.45, 7) is 1.91. The lowest BCUT2D eigenvalue weighted by Crippen LogP contribution is -2.36. The first kappa shape index (κ1) is 21.8. The summed E-state index contributed by atoms with van der Waals surface area (Å²) in [4.78, 5) is 24.8. The van der Waals surface area contributed by atoms with Gasteiger partial charge in [-0.2, -0.15) is 5.10 Å². The molecule has 1 N–H and O–H groups in total. The molecule has 0 spiro atoms. The van der Waals surface area contributed by atoms with Gasteiger partial charge in [0.2, 0.25) is 0 Å². The maximum absolute atomic E-state index is 11.9. The number of nitro benzene ring substituents is 1. The van der Waals surface area contributed by atoms with Crippen molar-refractivity contribution in [2.24, 2.45) is 5.10 Å². The van der Waals surface area contributed by atoms with E-state index in [4.69, 9.17) is 32.7 Å². The second-order valence-electron chi connectivity index (χ2n) is 6.26. The van der Waals surface area contributed by atoms with Gasteiger partial charge in [-0.3, -0.25) is 14.9 Å². The lowest BCUT2D eigenvalue weighted by Gasteiger charge is -2.28. The summed E-state index contributed by atoms with van der Waals surface area (Å²) >= 11 is 11.8. The van der Waals surface area contributed by atoms with Gasteiger partial charge in [0.15, 0.2) is 6.61 Å². The van der Waals surface area contributed by atoms with Crippen molar-refractivity contribution in [1.29, 1.82) is 0 Å². The molecule has 11 heteroatoms. The summed E-state index contributed by atoms with van der Waals surface area (Å²) < 4.78 is 10.6. The summed E-state index contributed by atoms with van der Waals surface area (Å²) in [5.41, 5.74) is 3.26. The van der Waals surface area contributed by atoms with E-state index in [0.717, 1.165) is 0 Å². The fraction of sp³-hybridized carbons (Fsp3) is 0.263. The lowest BCUT2D eigenvalue weighted by atomic mass is 10.1. The van der Waals surface area contributed by atoms with Crippen LogP contribution in [0.5, 0.6) is 5.75 Å². The number of rotatable bonds is 7. The maximum Gasteiger partial charge on any atom is 0.293 e. The van der Waals surface area contributed by atoms with E-state index in [-0.39, 0.29) is 17.3 Å². The van der Waals surface area contributed by atoms with E-state index >= 15 is 0 Å². The Morgan fingerprint density at radius 2 is 2.03 bits per heavy atom. The molecule has 30 heavy (non-hydrogen) atoms. The van der Waals surface area contributed by atoms with Crippen LogP contribution >= 0.6 is 23.2 Å². The second-order valence-corrected chi connectivity index (χ2v) is 7.10. The predicted octanol–water partition coefficient (Wildman–Crippen LogP) is 3.27. The van der Waals surface area contributed by atoms with Gasteiger partial charge < -0.3 is 14.4 Å². The predicted molar refractivity (Wildman–Crippen MR) is 114 cm³/mol. The molecule has 1 heterocycles. The molecule has 0 aliphatic carbocycles. The summed E-state index contributed by atoms with van der Waals surface area (Å²) in [5, 5.41) is 16.0. The molecule has 3 rings (SSSR count). The summed E-state index contributed by atoms with van der Waals surface area (Å²) in [7, 11) is 0. The number of halogens is 2. The number of morpholine rings is 1. The molecule has 2 aromatic carbocycles. The van der Waals surface area contributed by atoms with Crippen molar-refractivity contribution in [2.75, 3.05) is 37.8 Å².